The molecule has 2 N–H and O–H groups in total. The second-order valence-electron chi connectivity index (χ2n) is 5.72. The lowest BCUT2D eigenvalue weighted by Crippen LogP contribution is -2.37. The van der Waals surface area contributed by atoms with Crippen molar-refractivity contribution in [1.29, 1.82) is 0 Å². The van der Waals surface area contributed by atoms with E-state index in [1.807, 2.05) is 42.5 Å². The second-order valence-corrected chi connectivity index (χ2v) is 5.72. The van der Waals surface area contributed by atoms with Gasteiger partial charge >= 0.3 is 0 Å². The molecule has 23 heavy (non-hydrogen) atoms. The van der Waals surface area contributed by atoms with Crippen molar-refractivity contribution in [2.75, 3.05) is 6.61 Å². The maximum absolute atomic E-state index is 12.5. The summed E-state index contributed by atoms with van der Waals surface area (Å²) in [6.45, 7) is 0.636. The summed E-state index contributed by atoms with van der Waals surface area (Å²) in [6, 6.07) is 13.5. The number of rotatable bonds is 3. The number of nitrogens with zero attached hydrogens (tertiary/aromatic N) is 1. The van der Waals surface area contributed by atoms with E-state index in [1.165, 1.54) is 0 Å². The first kappa shape index (κ1) is 14.0. The quantitative estimate of drug-likeness (QED) is 0.782. The van der Waals surface area contributed by atoms with Gasteiger partial charge in [0.25, 0.3) is 5.91 Å². The third kappa shape index (κ3) is 2.71. The van der Waals surface area contributed by atoms with E-state index in [4.69, 9.17) is 4.74 Å². The van der Waals surface area contributed by atoms with Crippen LogP contribution in [0.15, 0.2) is 54.9 Å². The van der Waals surface area contributed by atoms with Crippen LogP contribution >= 0.6 is 0 Å². The summed E-state index contributed by atoms with van der Waals surface area (Å²) in [5, 5.41) is 4.11. The Kier molecular flexibility index (Phi) is 3.55. The van der Waals surface area contributed by atoms with Crippen molar-refractivity contribution in [1.82, 2.24) is 15.3 Å². The molecule has 0 unspecified atom stereocenters. The molecular formula is C18H17N3O2. The zero-order valence-electron chi connectivity index (χ0n) is 12.5. The van der Waals surface area contributed by atoms with E-state index in [-0.39, 0.29) is 18.1 Å². The summed E-state index contributed by atoms with van der Waals surface area (Å²) in [7, 11) is 0. The van der Waals surface area contributed by atoms with Crippen molar-refractivity contribution >= 4 is 16.8 Å². The second kappa shape index (κ2) is 5.85. The van der Waals surface area contributed by atoms with Gasteiger partial charge < -0.3 is 15.0 Å². The van der Waals surface area contributed by atoms with Crippen molar-refractivity contribution in [2.45, 2.75) is 18.6 Å². The van der Waals surface area contributed by atoms with Gasteiger partial charge in [0.2, 0.25) is 0 Å². The van der Waals surface area contributed by atoms with Crippen molar-refractivity contribution in [3.8, 4) is 0 Å². The van der Waals surface area contributed by atoms with Gasteiger partial charge in [-0.3, -0.25) is 9.78 Å². The van der Waals surface area contributed by atoms with Crippen molar-refractivity contribution < 1.29 is 9.53 Å². The maximum atomic E-state index is 12.5. The third-order valence-electron chi connectivity index (χ3n) is 4.20. The fraction of sp³-hybridized carbons (Fsp3) is 0.222. The van der Waals surface area contributed by atoms with Gasteiger partial charge in [-0.2, -0.15) is 0 Å². The molecule has 2 atom stereocenters. The van der Waals surface area contributed by atoms with Gasteiger partial charge in [-0.15, -0.1) is 0 Å². The summed E-state index contributed by atoms with van der Waals surface area (Å²) in [6.07, 6.45) is 4.18. The first-order valence-electron chi connectivity index (χ1n) is 7.71. The van der Waals surface area contributed by atoms with Crippen LogP contribution in [0.4, 0.5) is 0 Å². The molecule has 3 heterocycles. The molecule has 5 heteroatoms. The third-order valence-corrected chi connectivity index (χ3v) is 4.20. The highest BCUT2D eigenvalue weighted by Crippen LogP contribution is 2.28. The summed E-state index contributed by atoms with van der Waals surface area (Å²) in [5.41, 5.74) is 2.53. The number of carbonyl (C=O) groups excluding carboxylic acids is 1. The Morgan fingerprint density at radius 2 is 2.17 bits per heavy atom. The molecule has 0 radical (unpaired) electrons. The number of fused-ring (bicyclic) bond motifs is 1. The standard InChI is InChI=1S/C18H17N3O2/c22-18(16-10-12-4-1-2-6-14(12)20-16)21-15-7-9-23-17(15)13-5-3-8-19-11-13/h1-6,8,10-11,15,17,20H,7,9H2,(H,21,22)/t15-,17+/m0/s1. The number of amides is 1. The van der Waals surface area contributed by atoms with Crippen LogP contribution in [0.1, 0.15) is 28.6 Å². The number of para-hydroxylation sites is 1. The van der Waals surface area contributed by atoms with E-state index in [1.54, 1.807) is 12.4 Å². The van der Waals surface area contributed by atoms with Crippen molar-refractivity contribution in [2.24, 2.45) is 0 Å². The first-order chi connectivity index (χ1) is 11.3. The first-order valence-corrected chi connectivity index (χ1v) is 7.71. The summed E-state index contributed by atoms with van der Waals surface area (Å²) < 4.78 is 5.78. The summed E-state index contributed by atoms with van der Waals surface area (Å²) in [5.74, 6) is -0.106. The van der Waals surface area contributed by atoms with E-state index < -0.39 is 0 Å². The largest absolute Gasteiger partial charge is 0.371 e. The van der Waals surface area contributed by atoms with Crippen LogP contribution in [0.2, 0.25) is 0 Å². The SMILES string of the molecule is O=C(N[C@H]1CCO[C@@H]1c1cccnc1)c1cc2ccccc2[nH]1. The molecule has 0 bridgehead atoms. The molecular weight excluding hydrogens is 290 g/mol. The number of nitrogens with one attached hydrogen (secondary N) is 2. The van der Waals surface area contributed by atoms with Crippen LogP contribution < -0.4 is 5.32 Å². The molecule has 1 saturated heterocycles. The Morgan fingerprint density at radius 3 is 3.00 bits per heavy atom. The molecule has 5 nitrogen and oxygen atoms in total. The zero-order chi connectivity index (χ0) is 15.6. The van der Waals surface area contributed by atoms with Crippen LogP contribution in [-0.4, -0.2) is 28.5 Å². The lowest BCUT2D eigenvalue weighted by molar-refractivity contribution is 0.0817. The minimum absolute atomic E-state index is 0.0434. The predicted molar refractivity (Wildman–Crippen MR) is 87.1 cm³/mol. The smallest absolute Gasteiger partial charge is 0.268 e. The van der Waals surface area contributed by atoms with E-state index in [0.29, 0.717) is 12.3 Å². The van der Waals surface area contributed by atoms with Gasteiger partial charge in [0, 0.05) is 35.5 Å². The van der Waals surface area contributed by atoms with Gasteiger partial charge in [-0.25, -0.2) is 0 Å². The van der Waals surface area contributed by atoms with Gasteiger partial charge in [-0.1, -0.05) is 24.3 Å². The van der Waals surface area contributed by atoms with Gasteiger partial charge in [0.1, 0.15) is 11.8 Å². The van der Waals surface area contributed by atoms with E-state index in [0.717, 1.165) is 22.9 Å². The average molecular weight is 307 g/mol. The van der Waals surface area contributed by atoms with Gasteiger partial charge in [-0.05, 0) is 24.6 Å². The minimum Gasteiger partial charge on any atom is -0.371 e. The molecule has 1 aliphatic rings. The Morgan fingerprint density at radius 1 is 1.26 bits per heavy atom. The van der Waals surface area contributed by atoms with Crippen LogP contribution in [0, 0.1) is 0 Å². The summed E-state index contributed by atoms with van der Waals surface area (Å²) in [4.78, 5) is 19.8. The predicted octanol–water partition coefficient (Wildman–Crippen LogP) is 2.82. The molecule has 2 aromatic heterocycles. The number of hydrogen-bond donors (Lipinski definition) is 2. The summed E-state index contributed by atoms with van der Waals surface area (Å²) >= 11 is 0. The van der Waals surface area contributed by atoms with Crippen LogP contribution in [0.5, 0.6) is 0 Å². The average Bonchev–Trinajstić information content (AvgIpc) is 3.22. The highest BCUT2D eigenvalue weighted by Gasteiger charge is 2.31. The number of aromatic nitrogens is 2. The number of ether oxygens (including phenoxy) is 1. The molecule has 0 spiro atoms. The molecule has 1 aromatic carbocycles. The normalized spacial score (nSPS) is 20.7. The molecule has 1 aliphatic heterocycles. The monoisotopic (exact) mass is 307 g/mol. The molecule has 116 valence electrons. The number of pyridine rings is 1. The molecule has 0 saturated carbocycles. The number of hydrogen-bond acceptors (Lipinski definition) is 3. The van der Waals surface area contributed by atoms with Gasteiger partial charge in [0.15, 0.2) is 0 Å². The molecule has 4 rings (SSSR count). The fourth-order valence-electron chi connectivity index (χ4n) is 3.05. The van der Waals surface area contributed by atoms with E-state index >= 15 is 0 Å². The number of benzene rings is 1. The Bertz CT molecular complexity index is 795. The topological polar surface area (TPSA) is 67.0 Å². The van der Waals surface area contributed by atoms with E-state index in [2.05, 4.69) is 15.3 Å². The molecule has 3 aromatic rings. The minimum atomic E-state index is -0.142. The van der Waals surface area contributed by atoms with Crippen molar-refractivity contribution in [3.05, 3.63) is 66.1 Å². The Labute approximate surface area is 133 Å². The lowest BCUT2D eigenvalue weighted by Gasteiger charge is -2.19. The lowest BCUT2D eigenvalue weighted by atomic mass is 10.0. The number of H-pyrrole nitrogens is 1. The van der Waals surface area contributed by atoms with Crippen molar-refractivity contribution in [3.63, 3.8) is 0 Å². The maximum Gasteiger partial charge on any atom is 0.268 e. The molecule has 1 fully saturated rings. The fourth-order valence-corrected chi connectivity index (χ4v) is 3.05. The number of aromatic amines is 1. The highest BCUT2D eigenvalue weighted by atomic mass is 16.5. The Balaban J connectivity index is 1.53. The zero-order valence-corrected chi connectivity index (χ0v) is 12.5. The van der Waals surface area contributed by atoms with Gasteiger partial charge in [0.05, 0.1) is 6.04 Å². The van der Waals surface area contributed by atoms with E-state index in [9.17, 15) is 4.79 Å². The van der Waals surface area contributed by atoms with Crippen LogP contribution in [0.3, 0.4) is 0 Å². The van der Waals surface area contributed by atoms with Crippen LogP contribution in [0.25, 0.3) is 10.9 Å². The molecule has 1 amide bonds. The Hall–Kier alpha value is -2.66. The van der Waals surface area contributed by atoms with Crippen LogP contribution in [-0.2, 0) is 4.74 Å². The molecule has 0 aliphatic carbocycles. The number of carbonyl (C=O) groups is 1. The highest BCUT2D eigenvalue weighted by molar-refractivity contribution is 5.98.